The highest BCUT2D eigenvalue weighted by Crippen LogP contribution is 2.41. The van der Waals surface area contributed by atoms with Gasteiger partial charge in [-0.05, 0) is 56.5 Å². The van der Waals surface area contributed by atoms with Crippen molar-refractivity contribution in [1.29, 1.82) is 5.26 Å². The number of azo groups is 1. The van der Waals surface area contributed by atoms with E-state index in [9.17, 15) is 5.26 Å². The van der Waals surface area contributed by atoms with Crippen LogP contribution in [0, 0.1) is 31.8 Å². The number of hydrogen-bond acceptors (Lipinski definition) is 7. The van der Waals surface area contributed by atoms with E-state index in [0.717, 1.165) is 43.1 Å². The quantitative estimate of drug-likeness (QED) is 0.216. The Kier molecular flexibility index (Phi) is 10.1. The minimum atomic E-state index is 0.422. The molecule has 1 heterocycles. The van der Waals surface area contributed by atoms with Gasteiger partial charge in [-0.15, -0.1) is 21.6 Å². The van der Waals surface area contributed by atoms with Crippen molar-refractivity contribution < 1.29 is 9.47 Å². The lowest BCUT2D eigenvalue weighted by atomic mass is 10.1. The molecule has 164 valence electrons. The van der Waals surface area contributed by atoms with E-state index >= 15 is 0 Å². The Morgan fingerprint density at radius 2 is 1.87 bits per heavy atom. The molecule has 31 heavy (non-hydrogen) atoms. The smallest absolute Gasteiger partial charge is 0.247 e. The van der Waals surface area contributed by atoms with Gasteiger partial charge in [0.1, 0.15) is 11.1 Å². The van der Waals surface area contributed by atoms with E-state index in [4.69, 9.17) is 16.0 Å². The second kappa shape index (κ2) is 12.8. The van der Waals surface area contributed by atoms with Crippen molar-refractivity contribution in [1.82, 2.24) is 0 Å². The normalized spacial score (nSPS) is 10.9. The Bertz CT molecular complexity index is 972. The van der Waals surface area contributed by atoms with Crippen molar-refractivity contribution in [3.8, 4) is 6.07 Å². The number of anilines is 1. The number of likely N-dealkylation sites (N-methyl/N-ethyl adjacent to an activating group) is 1. The van der Waals surface area contributed by atoms with Gasteiger partial charge in [0.05, 0.1) is 37.6 Å². The van der Waals surface area contributed by atoms with Crippen LogP contribution in [0.25, 0.3) is 4.85 Å². The van der Waals surface area contributed by atoms with Gasteiger partial charge < -0.3 is 14.4 Å². The number of thiophene rings is 1. The van der Waals surface area contributed by atoms with Crippen LogP contribution >= 0.6 is 11.3 Å². The lowest BCUT2D eigenvalue weighted by molar-refractivity contribution is 0.0506. The molecule has 0 unspecified atom stereocenters. The number of hydrogen-bond donors (Lipinski definition) is 0. The molecule has 2 aromatic rings. The zero-order valence-electron chi connectivity index (χ0n) is 18.6. The fourth-order valence-corrected chi connectivity index (χ4v) is 3.82. The summed E-state index contributed by atoms with van der Waals surface area (Å²) in [5, 5.41) is 18.9. The fourth-order valence-electron chi connectivity index (χ4n) is 2.95. The van der Waals surface area contributed by atoms with E-state index in [1.807, 2.05) is 19.1 Å². The van der Waals surface area contributed by atoms with Crippen molar-refractivity contribution in [2.45, 2.75) is 34.1 Å². The van der Waals surface area contributed by atoms with Crippen LogP contribution in [0.4, 0.5) is 21.4 Å². The van der Waals surface area contributed by atoms with Crippen LogP contribution in [0.15, 0.2) is 28.4 Å². The topological polar surface area (TPSA) is 74.6 Å². The van der Waals surface area contributed by atoms with E-state index in [2.05, 4.69) is 46.0 Å². The van der Waals surface area contributed by atoms with E-state index < -0.39 is 0 Å². The lowest BCUT2D eigenvalue weighted by Gasteiger charge is -2.23. The Balaban J connectivity index is 2.01. The van der Waals surface area contributed by atoms with Crippen molar-refractivity contribution in [3.05, 3.63) is 46.3 Å². The summed E-state index contributed by atoms with van der Waals surface area (Å²) in [6, 6.07) is 8.16. The first-order valence-corrected chi connectivity index (χ1v) is 11.2. The first kappa shape index (κ1) is 24.5. The Labute approximate surface area is 188 Å². The van der Waals surface area contributed by atoms with Crippen molar-refractivity contribution >= 4 is 32.7 Å². The zero-order valence-corrected chi connectivity index (χ0v) is 19.5. The average molecular weight is 440 g/mol. The molecule has 7 nitrogen and oxygen atoms in total. The number of ether oxygens (including phenoxy) is 2. The van der Waals surface area contributed by atoms with Gasteiger partial charge in [-0.1, -0.05) is 6.92 Å². The van der Waals surface area contributed by atoms with Crippen LogP contribution in [0.1, 0.15) is 37.0 Å². The predicted molar refractivity (Wildman–Crippen MR) is 125 cm³/mol. The highest BCUT2D eigenvalue weighted by atomic mass is 32.1. The molecule has 1 aromatic heterocycles. The number of benzene rings is 1. The molecule has 0 aliphatic carbocycles. The van der Waals surface area contributed by atoms with Crippen molar-refractivity contribution in [2.75, 3.05) is 44.4 Å². The maximum Gasteiger partial charge on any atom is 0.247 e. The molecule has 0 radical (unpaired) electrons. The van der Waals surface area contributed by atoms with Crippen molar-refractivity contribution in [3.63, 3.8) is 0 Å². The summed E-state index contributed by atoms with van der Waals surface area (Å²) in [5.41, 5.74) is 3.92. The molecule has 8 heteroatoms. The molecule has 0 bridgehead atoms. The van der Waals surface area contributed by atoms with Gasteiger partial charge in [0.15, 0.2) is 0 Å². The summed E-state index contributed by atoms with van der Waals surface area (Å²) in [6.07, 6.45) is 1.02. The van der Waals surface area contributed by atoms with Gasteiger partial charge in [0, 0.05) is 25.4 Å². The molecule has 0 N–H and O–H groups in total. The first-order valence-electron chi connectivity index (χ1n) is 10.4. The third-order valence-electron chi connectivity index (χ3n) is 4.72. The second-order valence-electron chi connectivity index (χ2n) is 6.91. The number of aryl methyl sites for hydroxylation is 1. The van der Waals surface area contributed by atoms with E-state index in [1.165, 1.54) is 11.3 Å². The van der Waals surface area contributed by atoms with Gasteiger partial charge in [-0.2, -0.15) is 5.26 Å². The van der Waals surface area contributed by atoms with Gasteiger partial charge in [-0.25, -0.2) is 4.85 Å². The minimum Gasteiger partial charge on any atom is -0.379 e. The predicted octanol–water partition coefficient (Wildman–Crippen LogP) is 6.47. The largest absolute Gasteiger partial charge is 0.379 e. The molecule has 0 aliphatic rings. The average Bonchev–Trinajstić information content (AvgIpc) is 3.09. The van der Waals surface area contributed by atoms with Gasteiger partial charge in [-0.3, -0.25) is 0 Å². The molecule has 0 fully saturated rings. The molecule has 0 aliphatic heterocycles. The monoisotopic (exact) mass is 439 g/mol. The molecule has 0 amide bonds. The summed E-state index contributed by atoms with van der Waals surface area (Å²) in [6.45, 7) is 19.5. The standard InChI is InChI=1S/C23H29N5O2S/c1-6-11-29-13-14-30-12-10-28(7-2)19-8-9-21(17(3)15-19)26-27-23-20(16-24)18(4)22(25-5)31-23/h8-9,15H,6-7,10-14H2,1-4H3. The summed E-state index contributed by atoms with van der Waals surface area (Å²) in [5.74, 6) is 0. The van der Waals surface area contributed by atoms with Crippen LogP contribution in [-0.4, -0.2) is 39.5 Å². The number of nitrogens with zero attached hydrogens (tertiary/aromatic N) is 5. The van der Waals surface area contributed by atoms with E-state index in [-0.39, 0.29) is 0 Å². The molecule has 0 saturated carbocycles. The molecular weight excluding hydrogens is 410 g/mol. The highest BCUT2D eigenvalue weighted by molar-refractivity contribution is 7.20. The molecule has 0 saturated heterocycles. The van der Waals surface area contributed by atoms with Crippen LogP contribution in [0.3, 0.4) is 0 Å². The van der Waals surface area contributed by atoms with Crippen LogP contribution in [0.2, 0.25) is 0 Å². The van der Waals surface area contributed by atoms with Gasteiger partial charge in [0.25, 0.3) is 0 Å². The van der Waals surface area contributed by atoms with Crippen molar-refractivity contribution in [2.24, 2.45) is 10.2 Å². The molecule has 0 spiro atoms. The zero-order chi connectivity index (χ0) is 22.6. The van der Waals surface area contributed by atoms with Crippen LogP contribution in [0.5, 0.6) is 0 Å². The molecule has 0 atom stereocenters. The maximum absolute atomic E-state index is 9.36. The van der Waals surface area contributed by atoms with Crippen LogP contribution in [-0.2, 0) is 9.47 Å². The third-order valence-corrected chi connectivity index (χ3v) is 5.79. The van der Waals surface area contributed by atoms with Gasteiger partial charge in [0.2, 0.25) is 5.00 Å². The number of nitriles is 1. The minimum absolute atomic E-state index is 0.422. The SMILES string of the molecule is [C-]#[N+]c1sc(N=Nc2ccc(N(CC)CCOCCOCCC)cc2C)c(C#N)c1C. The molecule has 1 aromatic carbocycles. The van der Waals surface area contributed by atoms with Crippen LogP contribution < -0.4 is 4.90 Å². The summed E-state index contributed by atoms with van der Waals surface area (Å²) in [4.78, 5) is 5.70. The fraction of sp³-hybridized carbons (Fsp3) is 0.478. The number of rotatable bonds is 12. The third kappa shape index (κ3) is 6.86. The molecule has 2 rings (SSSR count). The summed E-state index contributed by atoms with van der Waals surface area (Å²) >= 11 is 1.20. The Hall–Kier alpha value is -2.78. The van der Waals surface area contributed by atoms with E-state index in [1.54, 1.807) is 6.92 Å². The molecular formula is C23H29N5O2S. The summed E-state index contributed by atoms with van der Waals surface area (Å²) < 4.78 is 11.1. The van der Waals surface area contributed by atoms with Gasteiger partial charge >= 0.3 is 0 Å². The summed E-state index contributed by atoms with van der Waals surface area (Å²) in [7, 11) is 0. The lowest BCUT2D eigenvalue weighted by Crippen LogP contribution is -2.27. The highest BCUT2D eigenvalue weighted by Gasteiger charge is 2.14. The van der Waals surface area contributed by atoms with E-state index in [0.29, 0.717) is 40.9 Å². The first-order chi connectivity index (χ1) is 15.0. The second-order valence-corrected chi connectivity index (χ2v) is 7.89. The maximum atomic E-state index is 9.36. The Morgan fingerprint density at radius 3 is 2.48 bits per heavy atom. The Morgan fingerprint density at radius 1 is 1.13 bits per heavy atom.